The van der Waals surface area contributed by atoms with Gasteiger partial charge >= 0.3 is 8.56 Å². The Hall–Kier alpha value is -2.08. The van der Waals surface area contributed by atoms with Crippen molar-refractivity contribution in [2.75, 3.05) is 32.2 Å². The van der Waals surface area contributed by atoms with E-state index >= 15 is 0 Å². The molecule has 32 heavy (non-hydrogen) atoms. The summed E-state index contributed by atoms with van der Waals surface area (Å²) in [5, 5.41) is 3.18. The van der Waals surface area contributed by atoms with Gasteiger partial charge in [-0.25, -0.2) is 0 Å². The molecule has 0 aliphatic carbocycles. The zero-order valence-electron chi connectivity index (χ0n) is 20.7. The van der Waals surface area contributed by atoms with Crippen LogP contribution in [0.15, 0.2) is 48.5 Å². The fraction of sp³-hybridized carbons (Fsp3) is 0.481. The van der Waals surface area contributed by atoms with E-state index in [1.54, 1.807) is 0 Å². The van der Waals surface area contributed by atoms with Crippen LogP contribution in [0, 0.1) is 5.92 Å². The number of nitrogens with one attached hydrogen (secondary N) is 1. The first kappa shape index (κ1) is 24.6. The van der Waals surface area contributed by atoms with Gasteiger partial charge in [0, 0.05) is 41.9 Å². The van der Waals surface area contributed by atoms with Crippen LogP contribution in [0.5, 0.6) is 5.75 Å². The number of anilines is 1. The van der Waals surface area contributed by atoms with Crippen molar-refractivity contribution in [2.24, 2.45) is 5.92 Å². The Morgan fingerprint density at radius 2 is 1.31 bits per heavy atom. The average molecular weight is 454 g/mol. The van der Waals surface area contributed by atoms with E-state index in [0.29, 0.717) is 19.8 Å². The first-order chi connectivity index (χ1) is 15.0. The number of benzene rings is 2. The molecule has 0 saturated carbocycles. The maximum atomic E-state index is 6.53. The lowest BCUT2D eigenvalue weighted by Gasteiger charge is -2.52. The van der Waals surface area contributed by atoms with E-state index in [1.807, 2.05) is 19.2 Å². The number of hydrogen-bond acceptors (Lipinski definition) is 4. The molecule has 0 spiro atoms. The molecule has 0 radical (unpaired) electrons. The predicted octanol–water partition coefficient (Wildman–Crippen LogP) is 6.98. The van der Waals surface area contributed by atoms with Gasteiger partial charge in [-0.2, -0.15) is 0 Å². The van der Waals surface area contributed by atoms with Crippen LogP contribution < -0.4 is 10.1 Å². The summed E-state index contributed by atoms with van der Waals surface area (Å²) < 4.78 is 19.1. The molecule has 2 aromatic rings. The van der Waals surface area contributed by atoms with Crippen molar-refractivity contribution in [2.45, 2.75) is 51.6 Å². The van der Waals surface area contributed by atoms with Crippen LogP contribution in [0.4, 0.5) is 5.69 Å². The predicted molar refractivity (Wildman–Crippen MR) is 137 cm³/mol. The highest BCUT2D eigenvalue weighted by Crippen LogP contribution is 2.53. The fourth-order valence-electron chi connectivity index (χ4n) is 4.49. The molecule has 1 heterocycles. The molecule has 0 amide bonds. The van der Waals surface area contributed by atoms with E-state index < -0.39 is 8.56 Å². The van der Waals surface area contributed by atoms with Gasteiger partial charge in [-0.05, 0) is 35.4 Å². The SMILES string of the molecule is CNc1ccc(C=Cc2ccc(OCC3CO[Si](C(C)(C)C)(C(C)(C)C)OC3)cc2)cc1. The van der Waals surface area contributed by atoms with Crippen molar-refractivity contribution in [3.63, 3.8) is 0 Å². The Kier molecular flexibility index (Phi) is 7.53. The quantitative estimate of drug-likeness (QED) is 0.378. The average Bonchev–Trinajstić information content (AvgIpc) is 2.76. The first-order valence-electron chi connectivity index (χ1n) is 11.5. The Labute approximate surface area is 195 Å². The Morgan fingerprint density at radius 1 is 0.844 bits per heavy atom. The molecule has 1 aliphatic heterocycles. The zero-order valence-corrected chi connectivity index (χ0v) is 21.7. The van der Waals surface area contributed by atoms with Gasteiger partial charge in [0.2, 0.25) is 0 Å². The molecular formula is C27H39NO3Si. The van der Waals surface area contributed by atoms with Gasteiger partial charge in [-0.3, -0.25) is 0 Å². The summed E-state index contributed by atoms with van der Waals surface area (Å²) >= 11 is 0. The summed E-state index contributed by atoms with van der Waals surface area (Å²) in [5.74, 6) is 1.13. The molecule has 0 bridgehead atoms. The third kappa shape index (κ3) is 5.63. The molecule has 0 atom stereocenters. The Morgan fingerprint density at radius 3 is 1.75 bits per heavy atom. The summed E-state index contributed by atoms with van der Waals surface area (Å²) in [5.41, 5.74) is 3.43. The molecule has 1 fully saturated rings. The molecule has 3 rings (SSSR count). The molecule has 1 N–H and O–H groups in total. The highest BCUT2D eigenvalue weighted by atomic mass is 28.4. The topological polar surface area (TPSA) is 39.7 Å². The Balaban J connectivity index is 1.52. The molecule has 2 aromatic carbocycles. The van der Waals surface area contributed by atoms with E-state index in [2.05, 4.69) is 95.4 Å². The molecular weight excluding hydrogens is 414 g/mol. The van der Waals surface area contributed by atoms with E-state index in [9.17, 15) is 0 Å². The molecule has 1 saturated heterocycles. The molecule has 1 aliphatic rings. The summed E-state index contributed by atoms with van der Waals surface area (Å²) in [7, 11) is -0.427. The highest BCUT2D eigenvalue weighted by Gasteiger charge is 2.59. The minimum Gasteiger partial charge on any atom is -0.493 e. The van der Waals surface area contributed by atoms with Crippen LogP contribution in [0.25, 0.3) is 12.2 Å². The van der Waals surface area contributed by atoms with E-state index in [0.717, 1.165) is 17.0 Å². The molecule has 174 valence electrons. The van der Waals surface area contributed by atoms with Crippen molar-refractivity contribution in [1.82, 2.24) is 0 Å². The summed E-state index contributed by atoms with van der Waals surface area (Å²) in [6.07, 6.45) is 4.23. The maximum Gasteiger partial charge on any atom is 0.349 e. The van der Waals surface area contributed by atoms with Crippen molar-refractivity contribution in [3.05, 3.63) is 59.7 Å². The monoisotopic (exact) mass is 453 g/mol. The third-order valence-corrected chi connectivity index (χ3v) is 11.1. The summed E-state index contributed by atoms with van der Waals surface area (Å²) in [4.78, 5) is 0. The number of rotatable bonds is 6. The lowest BCUT2D eigenvalue weighted by atomic mass is 10.1. The molecule has 4 nitrogen and oxygen atoms in total. The van der Waals surface area contributed by atoms with Crippen LogP contribution in [0.3, 0.4) is 0 Å². The maximum absolute atomic E-state index is 6.53. The molecule has 5 heteroatoms. The van der Waals surface area contributed by atoms with Crippen LogP contribution in [-0.2, 0) is 8.85 Å². The second-order valence-electron chi connectivity index (χ2n) is 10.7. The number of hydrogen-bond donors (Lipinski definition) is 1. The van der Waals surface area contributed by atoms with Gasteiger partial charge in [-0.15, -0.1) is 0 Å². The lowest BCUT2D eigenvalue weighted by molar-refractivity contribution is 0.0145. The smallest absolute Gasteiger partial charge is 0.349 e. The highest BCUT2D eigenvalue weighted by molar-refractivity contribution is 6.73. The van der Waals surface area contributed by atoms with Crippen LogP contribution in [0.1, 0.15) is 52.7 Å². The van der Waals surface area contributed by atoms with Crippen molar-refractivity contribution in [3.8, 4) is 5.75 Å². The van der Waals surface area contributed by atoms with Crippen molar-refractivity contribution in [1.29, 1.82) is 0 Å². The standard InChI is InChI=1S/C27H39NO3Si/c1-26(2,3)32(27(4,5)6)30-19-23(20-31-32)18-29-25-16-12-22(13-17-25)9-8-21-10-14-24(28-7)15-11-21/h8-17,23,28H,18-20H2,1-7H3. The van der Waals surface area contributed by atoms with Gasteiger partial charge in [-0.1, -0.05) is 78.0 Å². The summed E-state index contributed by atoms with van der Waals surface area (Å²) in [6, 6.07) is 16.6. The van der Waals surface area contributed by atoms with E-state index in [1.165, 1.54) is 5.56 Å². The van der Waals surface area contributed by atoms with Gasteiger partial charge in [0.25, 0.3) is 0 Å². The lowest BCUT2D eigenvalue weighted by Crippen LogP contribution is -2.61. The first-order valence-corrected chi connectivity index (χ1v) is 13.3. The van der Waals surface area contributed by atoms with Crippen LogP contribution >= 0.6 is 0 Å². The minimum atomic E-state index is -2.35. The van der Waals surface area contributed by atoms with E-state index in [-0.39, 0.29) is 16.0 Å². The van der Waals surface area contributed by atoms with Gasteiger partial charge in [0.1, 0.15) is 5.75 Å². The van der Waals surface area contributed by atoms with Crippen LogP contribution in [-0.4, -0.2) is 35.4 Å². The summed E-state index contributed by atoms with van der Waals surface area (Å²) in [6.45, 7) is 15.5. The second-order valence-corrected chi connectivity index (χ2v) is 15.5. The molecule has 0 aromatic heterocycles. The third-order valence-electron chi connectivity index (χ3n) is 6.05. The number of ether oxygens (including phenoxy) is 1. The minimum absolute atomic E-state index is 0.0232. The molecule has 0 unspecified atom stereocenters. The Bertz CT molecular complexity index is 868. The second kappa shape index (κ2) is 9.82. The van der Waals surface area contributed by atoms with Crippen molar-refractivity contribution >= 4 is 26.4 Å². The van der Waals surface area contributed by atoms with Gasteiger partial charge in [0.05, 0.1) is 6.61 Å². The van der Waals surface area contributed by atoms with E-state index in [4.69, 9.17) is 13.6 Å². The normalized spacial score (nSPS) is 17.5. The van der Waals surface area contributed by atoms with Crippen molar-refractivity contribution < 1.29 is 13.6 Å². The van der Waals surface area contributed by atoms with Gasteiger partial charge < -0.3 is 18.9 Å². The van der Waals surface area contributed by atoms with Crippen LogP contribution in [0.2, 0.25) is 10.1 Å². The zero-order chi connectivity index (χ0) is 23.4. The largest absolute Gasteiger partial charge is 0.493 e. The fourth-order valence-corrected chi connectivity index (χ4v) is 9.50. The van der Waals surface area contributed by atoms with Gasteiger partial charge in [0.15, 0.2) is 0 Å².